The highest BCUT2D eigenvalue weighted by Crippen LogP contribution is 2.32. The zero-order valence-electron chi connectivity index (χ0n) is 9.66. The third-order valence-electron chi connectivity index (χ3n) is 3.65. The second-order valence-corrected chi connectivity index (χ2v) is 4.72. The van der Waals surface area contributed by atoms with E-state index in [0.717, 1.165) is 19.3 Å². The van der Waals surface area contributed by atoms with Gasteiger partial charge in [0.2, 0.25) is 11.8 Å². The van der Waals surface area contributed by atoms with Crippen LogP contribution in [0.2, 0.25) is 0 Å². The highest BCUT2D eigenvalue weighted by atomic mass is 16.2. The van der Waals surface area contributed by atoms with Gasteiger partial charge in [0.15, 0.2) is 0 Å². The molecule has 1 aliphatic carbocycles. The van der Waals surface area contributed by atoms with Crippen molar-refractivity contribution in [2.75, 3.05) is 13.1 Å². The fraction of sp³-hybridized carbons (Fsp3) is 0.818. The van der Waals surface area contributed by atoms with Gasteiger partial charge in [-0.3, -0.25) is 9.59 Å². The van der Waals surface area contributed by atoms with Crippen molar-refractivity contribution in [2.24, 2.45) is 5.73 Å². The van der Waals surface area contributed by atoms with Gasteiger partial charge in [0.05, 0.1) is 5.54 Å². The molecule has 0 spiro atoms. The van der Waals surface area contributed by atoms with Crippen LogP contribution in [0.3, 0.4) is 0 Å². The van der Waals surface area contributed by atoms with Crippen LogP contribution in [-0.2, 0) is 9.59 Å². The Morgan fingerprint density at radius 1 is 1.62 bits per heavy atom. The number of rotatable bonds is 2. The Bertz CT molecular complexity index is 312. The molecule has 1 unspecified atom stereocenters. The van der Waals surface area contributed by atoms with Crippen LogP contribution in [0.5, 0.6) is 0 Å². The largest absolute Gasteiger partial charge is 0.353 e. The fourth-order valence-electron chi connectivity index (χ4n) is 2.42. The van der Waals surface area contributed by atoms with Gasteiger partial charge in [-0.25, -0.2) is 0 Å². The van der Waals surface area contributed by atoms with Crippen molar-refractivity contribution in [1.29, 1.82) is 0 Å². The van der Waals surface area contributed by atoms with E-state index in [2.05, 4.69) is 5.32 Å². The highest BCUT2D eigenvalue weighted by Gasteiger charge is 2.45. The van der Waals surface area contributed by atoms with Crippen molar-refractivity contribution in [2.45, 2.75) is 44.2 Å². The molecule has 1 aliphatic heterocycles. The van der Waals surface area contributed by atoms with Gasteiger partial charge < -0.3 is 16.0 Å². The van der Waals surface area contributed by atoms with E-state index < -0.39 is 5.54 Å². The quantitative estimate of drug-likeness (QED) is 0.671. The molecule has 1 heterocycles. The molecule has 1 saturated heterocycles. The van der Waals surface area contributed by atoms with Gasteiger partial charge in [0.25, 0.3) is 0 Å². The summed E-state index contributed by atoms with van der Waals surface area (Å²) in [6.45, 7) is 3.04. The smallest absolute Gasteiger partial charge is 0.243 e. The number of carbonyl (C=O) groups excluding carboxylic acids is 2. The molecule has 2 rings (SSSR count). The van der Waals surface area contributed by atoms with Crippen LogP contribution in [0.25, 0.3) is 0 Å². The maximum Gasteiger partial charge on any atom is 0.243 e. The minimum absolute atomic E-state index is 0.0412. The summed E-state index contributed by atoms with van der Waals surface area (Å²) in [6, 6.07) is -0.331. The molecule has 2 aliphatic rings. The molecule has 5 heteroatoms. The highest BCUT2D eigenvalue weighted by molar-refractivity contribution is 5.93. The van der Waals surface area contributed by atoms with Crippen LogP contribution in [0.15, 0.2) is 0 Å². The van der Waals surface area contributed by atoms with Gasteiger partial charge in [-0.15, -0.1) is 0 Å². The molecule has 3 N–H and O–H groups in total. The van der Waals surface area contributed by atoms with Crippen LogP contribution >= 0.6 is 0 Å². The Hall–Kier alpha value is -1.10. The minimum Gasteiger partial charge on any atom is -0.353 e. The van der Waals surface area contributed by atoms with Crippen LogP contribution < -0.4 is 11.1 Å². The number of hydrogen-bond donors (Lipinski definition) is 2. The minimum atomic E-state index is -0.689. The lowest BCUT2D eigenvalue weighted by Gasteiger charge is -2.44. The summed E-state index contributed by atoms with van der Waals surface area (Å²) in [5.41, 5.74) is 5.33. The summed E-state index contributed by atoms with van der Waals surface area (Å²) in [5, 5.41) is 2.78. The van der Waals surface area contributed by atoms with E-state index in [4.69, 9.17) is 5.73 Å². The first kappa shape index (κ1) is 11.4. The molecule has 5 nitrogen and oxygen atoms in total. The Labute approximate surface area is 95.3 Å². The normalized spacial score (nSPS) is 28.2. The predicted molar refractivity (Wildman–Crippen MR) is 59.6 cm³/mol. The van der Waals surface area contributed by atoms with Gasteiger partial charge in [0, 0.05) is 13.1 Å². The van der Waals surface area contributed by atoms with Crippen LogP contribution in [0.4, 0.5) is 0 Å². The Kier molecular flexibility index (Phi) is 2.88. The lowest BCUT2D eigenvalue weighted by molar-refractivity contribution is -0.149. The molecule has 0 aromatic heterocycles. The van der Waals surface area contributed by atoms with E-state index in [9.17, 15) is 9.59 Å². The average molecular weight is 225 g/mol. The van der Waals surface area contributed by atoms with E-state index >= 15 is 0 Å². The molecule has 0 aromatic rings. The number of amides is 2. The Morgan fingerprint density at radius 2 is 2.31 bits per heavy atom. The van der Waals surface area contributed by atoms with Crippen LogP contribution in [0, 0.1) is 0 Å². The van der Waals surface area contributed by atoms with Crippen molar-refractivity contribution in [1.82, 2.24) is 10.2 Å². The van der Waals surface area contributed by atoms with Gasteiger partial charge >= 0.3 is 0 Å². The number of hydrogen-bond acceptors (Lipinski definition) is 3. The van der Waals surface area contributed by atoms with Crippen LogP contribution in [-0.4, -0.2) is 41.4 Å². The van der Waals surface area contributed by atoms with E-state index in [1.54, 1.807) is 4.90 Å². The fourth-order valence-corrected chi connectivity index (χ4v) is 2.42. The van der Waals surface area contributed by atoms with Crippen LogP contribution in [0.1, 0.15) is 32.6 Å². The maximum absolute atomic E-state index is 12.2. The summed E-state index contributed by atoms with van der Waals surface area (Å²) >= 11 is 0. The van der Waals surface area contributed by atoms with E-state index in [0.29, 0.717) is 19.5 Å². The van der Waals surface area contributed by atoms with Gasteiger partial charge in [0.1, 0.15) is 6.04 Å². The number of nitrogens with two attached hydrogens (primary N) is 1. The van der Waals surface area contributed by atoms with Gasteiger partial charge in [-0.1, -0.05) is 6.92 Å². The molecule has 90 valence electrons. The molecule has 1 saturated carbocycles. The molecular weight excluding hydrogens is 206 g/mol. The van der Waals surface area contributed by atoms with Crippen molar-refractivity contribution < 1.29 is 9.59 Å². The molecular formula is C11H19N3O2. The van der Waals surface area contributed by atoms with E-state index in [-0.39, 0.29) is 17.9 Å². The summed E-state index contributed by atoms with van der Waals surface area (Å²) in [7, 11) is 0. The Balaban J connectivity index is 2.12. The monoisotopic (exact) mass is 225 g/mol. The third kappa shape index (κ3) is 1.69. The standard InChI is InChI=1S/C11H19N3O2/c1-2-8-9(15)13-6-7-14(8)10(16)11(12)4-3-5-11/h8H,2-7,12H2,1H3,(H,13,15). The summed E-state index contributed by atoms with van der Waals surface area (Å²) in [6.07, 6.45) is 3.16. The lowest BCUT2D eigenvalue weighted by atomic mass is 9.76. The average Bonchev–Trinajstić information content (AvgIpc) is 2.24. The van der Waals surface area contributed by atoms with Gasteiger partial charge in [-0.2, -0.15) is 0 Å². The van der Waals surface area contributed by atoms with Crippen molar-refractivity contribution in [3.63, 3.8) is 0 Å². The number of nitrogens with zero attached hydrogens (tertiary/aromatic N) is 1. The summed E-state index contributed by atoms with van der Waals surface area (Å²) < 4.78 is 0. The zero-order valence-corrected chi connectivity index (χ0v) is 9.66. The first-order valence-electron chi connectivity index (χ1n) is 5.96. The summed E-state index contributed by atoms with van der Waals surface area (Å²) in [4.78, 5) is 25.5. The maximum atomic E-state index is 12.2. The molecule has 2 amide bonds. The first-order chi connectivity index (χ1) is 7.58. The molecule has 0 aromatic carbocycles. The van der Waals surface area contributed by atoms with Crippen molar-refractivity contribution >= 4 is 11.8 Å². The van der Waals surface area contributed by atoms with Gasteiger partial charge in [-0.05, 0) is 25.7 Å². The topological polar surface area (TPSA) is 75.4 Å². The molecule has 0 radical (unpaired) electrons. The van der Waals surface area contributed by atoms with E-state index in [1.165, 1.54) is 0 Å². The molecule has 2 fully saturated rings. The Morgan fingerprint density at radius 3 is 2.81 bits per heavy atom. The number of carbonyl (C=O) groups is 2. The SMILES string of the molecule is CCC1C(=O)NCCN1C(=O)C1(N)CCC1. The number of nitrogens with one attached hydrogen (secondary N) is 1. The lowest BCUT2D eigenvalue weighted by Crippen LogP contribution is -2.66. The van der Waals surface area contributed by atoms with E-state index in [1.807, 2.05) is 6.92 Å². The second-order valence-electron chi connectivity index (χ2n) is 4.72. The van der Waals surface area contributed by atoms with Crippen molar-refractivity contribution in [3.8, 4) is 0 Å². The second kappa shape index (κ2) is 4.05. The molecule has 1 atom stereocenters. The predicted octanol–water partition coefficient (Wildman–Crippen LogP) is -0.395. The summed E-state index contributed by atoms with van der Waals surface area (Å²) in [5.74, 6) is -0.0922. The first-order valence-corrected chi connectivity index (χ1v) is 5.96. The molecule has 16 heavy (non-hydrogen) atoms. The third-order valence-corrected chi connectivity index (χ3v) is 3.65. The van der Waals surface area contributed by atoms with Crippen molar-refractivity contribution in [3.05, 3.63) is 0 Å². The zero-order chi connectivity index (χ0) is 11.8. The molecule has 0 bridgehead atoms. The number of piperazine rings is 1.